The number of hydrogen-bond donors (Lipinski definition) is 1. The van der Waals surface area contributed by atoms with Gasteiger partial charge < -0.3 is 10.1 Å². The molecule has 1 N–H and O–H groups in total. The van der Waals surface area contributed by atoms with Crippen LogP contribution in [-0.4, -0.2) is 18.8 Å². The summed E-state index contributed by atoms with van der Waals surface area (Å²) in [4.78, 5) is 2.88. The minimum Gasteiger partial charge on any atom is -0.377 e. The Balaban J connectivity index is 1.84. The summed E-state index contributed by atoms with van der Waals surface area (Å²) in [5.74, 6) is 0. The predicted octanol–water partition coefficient (Wildman–Crippen LogP) is 3.70. The molecule has 18 heavy (non-hydrogen) atoms. The first-order chi connectivity index (χ1) is 8.47. The summed E-state index contributed by atoms with van der Waals surface area (Å²) in [6.07, 6.45) is 2.82. The molecule has 2 heterocycles. The fourth-order valence-electron chi connectivity index (χ4n) is 2.27. The molecule has 1 fully saturated rings. The first kappa shape index (κ1) is 14.0. The lowest BCUT2D eigenvalue weighted by Crippen LogP contribution is -2.36. The lowest BCUT2D eigenvalue weighted by atomic mass is 9.95. The van der Waals surface area contributed by atoms with Crippen molar-refractivity contribution in [3.05, 3.63) is 21.9 Å². The summed E-state index contributed by atoms with van der Waals surface area (Å²) < 4.78 is 5.70. The van der Waals surface area contributed by atoms with Gasteiger partial charge in [0.25, 0.3) is 0 Å². The van der Waals surface area contributed by atoms with Crippen molar-refractivity contribution in [2.75, 3.05) is 6.61 Å². The Morgan fingerprint density at radius 2 is 2.22 bits per heavy atom. The van der Waals surface area contributed by atoms with E-state index in [1.807, 2.05) is 11.3 Å². The Hall–Kier alpha value is -0.380. The molecule has 1 aliphatic heterocycles. The zero-order valence-electron chi connectivity index (χ0n) is 12.0. The van der Waals surface area contributed by atoms with Crippen molar-refractivity contribution in [2.45, 2.75) is 64.6 Å². The largest absolute Gasteiger partial charge is 0.377 e. The van der Waals surface area contributed by atoms with Crippen LogP contribution < -0.4 is 5.32 Å². The first-order valence-electron chi connectivity index (χ1n) is 6.91. The molecule has 0 spiro atoms. The minimum absolute atomic E-state index is 0.267. The van der Waals surface area contributed by atoms with Crippen LogP contribution >= 0.6 is 11.3 Å². The molecule has 1 aliphatic rings. The molecular formula is C15H25NOS. The Bertz CT molecular complexity index is 374. The van der Waals surface area contributed by atoms with Crippen LogP contribution in [0.5, 0.6) is 0 Å². The molecule has 0 aromatic carbocycles. The highest BCUT2D eigenvalue weighted by Crippen LogP contribution is 2.29. The quantitative estimate of drug-likeness (QED) is 0.898. The standard InChI is InChI=1S/C15H25NOS/c1-11(13-6-5-9-17-13)16-10-12-7-8-14(18-12)15(2,3)4/h7-8,11,13,16H,5-6,9-10H2,1-4H3. The number of nitrogens with one attached hydrogen (secondary N) is 1. The van der Waals surface area contributed by atoms with Gasteiger partial charge in [0, 0.05) is 28.9 Å². The van der Waals surface area contributed by atoms with Gasteiger partial charge in [0.05, 0.1) is 6.10 Å². The molecule has 0 amide bonds. The maximum Gasteiger partial charge on any atom is 0.0726 e. The fraction of sp³-hybridized carbons (Fsp3) is 0.733. The van der Waals surface area contributed by atoms with Crippen molar-refractivity contribution in [2.24, 2.45) is 0 Å². The normalized spacial score (nSPS) is 22.3. The van der Waals surface area contributed by atoms with Gasteiger partial charge in [-0.05, 0) is 37.3 Å². The van der Waals surface area contributed by atoms with Crippen molar-refractivity contribution in [1.29, 1.82) is 0 Å². The Kier molecular flexibility index (Phi) is 4.46. The summed E-state index contributed by atoms with van der Waals surface area (Å²) in [6.45, 7) is 10.9. The summed E-state index contributed by atoms with van der Waals surface area (Å²) in [6, 6.07) is 4.96. The molecule has 1 aromatic heterocycles. The molecule has 102 valence electrons. The zero-order chi connectivity index (χ0) is 13.2. The summed E-state index contributed by atoms with van der Waals surface area (Å²) in [5, 5.41) is 3.59. The van der Waals surface area contributed by atoms with E-state index >= 15 is 0 Å². The maximum atomic E-state index is 5.70. The van der Waals surface area contributed by atoms with E-state index in [1.54, 1.807) is 0 Å². The number of hydrogen-bond acceptors (Lipinski definition) is 3. The Morgan fingerprint density at radius 3 is 2.78 bits per heavy atom. The molecular weight excluding hydrogens is 242 g/mol. The van der Waals surface area contributed by atoms with E-state index in [1.165, 1.54) is 22.6 Å². The molecule has 1 aromatic rings. The van der Waals surface area contributed by atoms with Gasteiger partial charge in [-0.2, -0.15) is 0 Å². The van der Waals surface area contributed by atoms with Gasteiger partial charge in [0.15, 0.2) is 0 Å². The molecule has 0 bridgehead atoms. The molecule has 2 nitrogen and oxygen atoms in total. The van der Waals surface area contributed by atoms with Gasteiger partial charge in [-0.3, -0.25) is 0 Å². The predicted molar refractivity (Wildman–Crippen MR) is 78.3 cm³/mol. The van der Waals surface area contributed by atoms with Gasteiger partial charge in [-0.25, -0.2) is 0 Å². The Morgan fingerprint density at radius 1 is 1.44 bits per heavy atom. The average Bonchev–Trinajstić information content (AvgIpc) is 2.96. The van der Waals surface area contributed by atoms with Crippen molar-refractivity contribution in [1.82, 2.24) is 5.32 Å². The van der Waals surface area contributed by atoms with Crippen LogP contribution in [0.4, 0.5) is 0 Å². The van der Waals surface area contributed by atoms with Crippen molar-refractivity contribution in [3.8, 4) is 0 Å². The van der Waals surface area contributed by atoms with Crippen molar-refractivity contribution < 1.29 is 4.74 Å². The molecule has 0 saturated carbocycles. The van der Waals surface area contributed by atoms with Gasteiger partial charge >= 0.3 is 0 Å². The Labute approximate surface area is 115 Å². The highest BCUT2D eigenvalue weighted by molar-refractivity contribution is 7.12. The van der Waals surface area contributed by atoms with Gasteiger partial charge in [-0.15, -0.1) is 11.3 Å². The third-order valence-corrected chi connectivity index (χ3v) is 5.03. The second-order valence-electron chi connectivity index (χ2n) is 6.24. The minimum atomic E-state index is 0.267. The number of rotatable bonds is 4. The van der Waals surface area contributed by atoms with Crippen LogP contribution in [-0.2, 0) is 16.7 Å². The van der Waals surface area contributed by atoms with E-state index in [-0.39, 0.29) is 5.41 Å². The van der Waals surface area contributed by atoms with Crippen LogP contribution in [0.3, 0.4) is 0 Å². The van der Waals surface area contributed by atoms with Crippen LogP contribution in [0.1, 0.15) is 50.3 Å². The number of ether oxygens (including phenoxy) is 1. The van der Waals surface area contributed by atoms with Crippen LogP contribution in [0.2, 0.25) is 0 Å². The summed E-state index contributed by atoms with van der Waals surface area (Å²) in [7, 11) is 0. The monoisotopic (exact) mass is 267 g/mol. The van der Waals surface area contributed by atoms with E-state index in [9.17, 15) is 0 Å². The highest BCUT2D eigenvalue weighted by atomic mass is 32.1. The lowest BCUT2D eigenvalue weighted by molar-refractivity contribution is 0.0833. The smallest absolute Gasteiger partial charge is 0.0726 e. The first-order valence-corrected chi connectivity index (χ1v) is 7.72. The third-order valence-electron chi connectivity index (χ3n) is 3.52. The number of thiophene rings is 1. The topological polar surface area (TPSA) is 21.3 Å². The van der Waals surface area contributed by atoms with Crippen molar-refractivity contribution in [3.63, 3.8) is 0 Å². The molecule has 2 rings (SSSR count). The SMILES string of the molecule is CC(NCc1ccc(C(C)(C)C)s1)C1CCCO1. The maximum absolute atomic E-state index is 5.70. The summed E-state index contributed by atoms with van der Waals surface area (Å²) >= 11 is 1.92. The average molecular weight is 267 g/mol. The fourth-order valence-corrected chi connectivity index (χ4v) is 3.28. The molecule has 2 unspecified atom stereocenters. The molecule has 3 heteroatoms. The lowest BCUT2D eigenvalue weighted by Gasteiger charge is -2.19. The van der Waals surface area contributed by atoms with Gasteiger partial charge in [0.2, 0.25) is 0 Å². The molecule has 2 atom stereocenters. The molecule has 0 radical (unpaired) electrons. The third kappa shape index (κ3) is 3.56. The van der Waals surface area contributed by atoms with Crippen LogP contribution in [0.25, 0.3) is 0 Å². The molecule has 0 aliphatic carbocycles. The van der Waals surface area contributed by atoms with Gasteiger partial charge in [0.1, 0.15) is 0 Å². The van der Waals surface area contributed by atoms with Crippen LogP contribution in [0.15, 0.2) is 12.1 Å². The van der Waals surface area contributed by atoms with E-state index in [0.29, 0.717) is 12.1 Å². The highest BCUT2D eigenvalue weighted by Gasteiger charge is 2.22. The van der Waals surface area contributed by atoms with Gasteiger partial charge in [-0.1, -0.05) is 20.8 Å². The van der Waals surface area contributed by atoms with Crippen LogP contribution in [0, 0.1) is 0 Å². The summed E-state index contributed by atoms with van der Waals surface area (Å²) in [5.41, 5.74) is 0.267. The van der Waals surface area contributed by atoms with E-state index in [4.69, 9.17) is 4.74 Å². The second-order valence-corrected chi connectivity index (χ2v) is 7.41. The van der Waals surface area contributed by atoms with Crippen molar-refractivity contribution >= 4 is 11.3 Å². The van der Waals surface area contributed by atoms with E-state index in [0.717, 1.165) is 13.2 Å². The second kappa shape index (κ2) is 5.72. The molecule has 1 saturated heterocycles. The van der Waals surface area contributed by atoms with E-state index < -0.39 is 0 Å². The zero-order valence-corrected chi connectivity index (χ0v) is 12.8. The van der Waals surface area contributed by atoms with E-state index in [2.05, 4.69) is 45.1 Å².